The van der Waals surface area contributed by atoms with E-state index in [0.29, 0.717) is 5.69 Å². The second-order valence-electron chi connectivity index (χ2n) is 5.01. The predicted octanol–water partition coefficient (Wildman–Crippen LogP) is 0.174. The van der Waals surface area contributed by atoms with Crippen molar-refractivity contribution in [3.05, 3.63) is 23.2 Å². The van der Waals surface area contributed by atoms with Gasteiger partial charge in [0.05, 0.1) is 23.3 Å². The summed E-state index contributed by atoms with van der Waals surface area (Å²) in [6, 6.07) is 3.74. The Kier molecular flexibility index (Phi) is 4.81. The molecule has 118 valence electrons. The third-order valence-corrected chi connectivity index (χ3v) is 4.09. The lowest BCUT2D eigenvalue weighted by molar-refractivity contribution is -0.130. The molecule has 0 aromatic carbocycles. The fourth-order valence-electron chi connectivity index (χ4n) is 1.91. The zero-order valence-corrected chi connectivity index (χ0v) is 13.5. The molecule has 0 saturated heterocycles. The normalized spacial score (nSPS) is 10.5. The van der Waals surface area contributed by atoms with Gasteiger partial charge in [-0.3, -0.25) is 14.4 Å². The summed E-state index contributed by atoms with van der Waals surface area (Å²) in [5.74, 6) is -0.929. The molecule has 0 aliphatic carbocycles. The SMILES string of the molecule is CN(C)C(=O)CNC(=O)CNC(=O)c1cc2sccc2n1C. The average Bonchev–Trinajstić information content (AvgIpc) is 3.05. The van der Waals surface area contributed by atoms with Crippen LogP contribution in [0.5, 0.6) is 0 Å². The van der Waals surface area contributed by atoms with Gasteiger partial charge in [0.25, 0.3) is 5.91 Å². The van der Waals surface area contributed by atoms with Gasteiger partial charge in [-0.15, -0.1) is 11.3 Å². The fraction of sp³-hybridized carbons (Fsp3) is 0.357. The molecule has 0 unspecified atom stereocenters. The van der Waals surface area contributed by atoms with Crippen LogP contribution in [0, 0.1) is 0 Å². The Morgan fingerprint density at radius 2 is 1.95 bits per heavy atom. The minimum absolute atomic E-state index is 0.0818. The first-order chi connectivity index (χ1) is 10.4. The molecule has 0 spiro atoms. The third-order valence-electron chi connectivity index (χ3n) is 3.24. The molecule has 0 aliphatic rings. The second kappa shape index (κ2) is 6.61. The molecular formula is C14H18N4O3S. The van der Waals surface area contributed by atoms with E-state index >= 15 is 0 Å². The number of amides is 3. The van der Waals surface area contributed by atoms with Gasteiger partial charge in [0, 0.05) is 21.1 Å². The second-order valence-corrected chi connectivity index (χ2v) is 5.95. The van der Waals surface area contributed by atoms with E-state index in [2.05, 4.69) is 10.6 Å². The van der Waals surface area contributed by atoms with Crippen LogP contribution in [0.25, 0.3) is 10.2 Å². The maximum Gasteiger partial charge on any atom is 0.268 e. The highest BCUT2D eigenvalue weighted by Crippen LogP contribution is 2.23. The van der Waals surface area contributed by atoms with Crippen LogP contribution in [0.4, 0.5) is 0 Å². The van der Waals surface area contributed by atoms with Crippen LogP contribution in [0.15, 0.2) is 17.5 Å². The molecule has 0 saturated carbocycles. The molecule has 0 aliphatic heterocycles. The largest absolute Gasteiger partial charge is 0.347 e. The molecule has 22 heavy (non-hydrogen) atoms. The van der Waals surface area contributed by atoms with Crippen molar-refractivity contribution in [2.24, 2.45) is 7.05 Å². The Labute approximate surface area is 131 Å². The van der Waals surface area contributed by atoms with Crippen molar-refractivity contribution < 1.29 is 14.4 Å². The highest BCUT2D eigenvalue weighted by atomic mass is 32.1. The van der Waals surface area contributed by atoms with Gasteiger partial charge >= 0.3 is 0 Å². The molecule has 7 nitrogen and oxygen atoms in total. The number of nitrogens with zero attached hydrogens (tertiary/aromatic N) is 2. The maximum atomic E-state index is 12.1. The van der Waals surface area contributed by atoms with Gasteiger partial charge in [0.2, 0.25) is 11.8 Å². The quantitative estimate of drug-likeness (QED) is 0.823. The van der Waals surface area contributed by atoms with Crippen LogP contribution >= 0.6 is 11.3 Å². The number of nitrogens with one attached hydrogen (secondary N) is 2. The molecular weight excluding hydrogens is 304 g/mol. The summed E-state index contributed by atoms with van der Waals surface area (Å²) in [5.41, 5.74) is 1.48. The summed E-state index contributed by atoms with van der Waals surface area (Å²) in [4.78, 5) is 36.4. The van der Waals surface area contributed by atoms with Gasteiger partial charge in [0.1, 0.15) is 5.69 Å². The van der Waals surface area contributed by atoms with Gasteiger partial charge in [-0.2, -0.15) is 0 Å². The minimum atomic E-state index is -0.403. The number of aromatic nitrogens is 1. The van der Waals surface area contributed by atoms with E-state index in [1.54, 1.807) is 43.1 Å². The van der Waals surface area contributed by atoms with E-state index in [-0.39, 0.29) is 24.9 Å². The van der Waals surface area contributed by atoms with Crippen LogP contribution in [0.1, 0.15) is 10.5 Å². The Balaban J connectivity index is 1.87. The summed E-state index contributed by atoms with van der Waals surface area (Å²) in [5, 5.41) is 6.97. The molecule has 2 heterocycles. The molecule has 2 aromatic rings. The summed E-state index contributed by atoms with van der Waals surface area (Å²) in [7, 11) is 5.02. The zero-order chi connectivity index (χ0) is 16.3. The van der Waals surface area contributed by atoms with Crippen LogP contribution in [0.3, 0.4) is 0 Å². The van der Waals surface area contributed by atoms with E-state index in [1.165, 1.54) is 4.90 Å². The Morgan fingerprint density at radius 1 is 1.23 bits per heavy atom. The number of rotatable bonds is 5. The standard InChI is InChI=1S/C14H18N4O3S/c1-17(2)13(20)8-15-12(19)7-16-14(21)10-6-11-9(18(10)3)4-5-22-11/h4-6H,7-8H2,1-3H3,(H,15,19)(H,16,21). The average molecular weight is 322 g/mol. The van der Waals surface area contributed by atoms with E-state index in [9.17, 15) is 14.4 Å². The summed E-state index contributed by atoms with van der Waals surface area (Å²) >= 11 is 1.56. The van der Waals surface area contributed by atoms with Crippen molar-refractivity contribution in [2.45, 2.75) is 0 Å². The molecule has 0 atom stereocenters. The predicted molar refractivity (Wildman–Crippen MR) is 84.8 cm³/mol. The highest BCUT2D eigenvalue weighted by molar-refractivity contribution is 7.17. The van der Waals surface area contributed by atoms with Gasteiger partial charge in [-0.05, 0) is 17.5 Å². The molecule has 2 N–H and O–H groups in total. The topological polar surface area (TPSA) is 83.4 Å². The van der Waals surface area contributed by atoms with Crippen molar-refractivity contribution in [1.29, 1.82) is 0 Å². The van der Waals surface area contributed by atoms with Gasteiger partial charge in [-0.1, -0.05) is 0 Å². The van der Waals surface area contributed by atoms with Crippen LogP contribution in [-0.2, 0) is 16.6 Å². The van der Waals surface area contributed by atoms with Crippen molar-refractivity contribution in [3.63, 3.8) is 0 Å². The molecule has 0 radical (unpaired) electrons. The monoisotopic (exact) mass is 322 g/mol. The molecule has 2 aromatic heterocycles. The number of carbonyl (C=O) groups excluding carboxylic acids is 3. The summed E-state index contributed by atoms with van der Waals surface area (Å²) < 4.78 is 2.81. The first kappa shape index (κ1) is 16.0. The summed E-state index contributed by atoms with van der Waals surface area (Å²) in [6.45, 7) is -0.250. The van der Waals surface area contributed by atoms with Gasteiger partial charge in [-0.25, -0.2) is 0 Å². The van der Waals surface area contributed by atoms with Crippen LogP contribution in [-0.4, -0.2) is 54.4 Å². The number of fused-ring (bicyclic) bond motifs is 1. The zero-order valence-electron chi connectivity index (χ0n) is 12.7. The number of hydrogen-bond acceptors (Lipinski definition) is 4. The van der Waals surface area contributed by atoms with E-state index < -0.39 is 5.91 Å². The Hall–Kier alpha value is -2.35. The lowest BCUT2D eigenvalue weighted by Gasteiger charge is -2.11. The van der Waals surface area contributed by atoms with E-state index in [0.717, 1.165) is 10.2 Å². The Morgan fingerprint density at radius 3 is 2.59 bits per heavy atom. The third kappa shape index (κ3) is 3.45. The van der Waals surface area contributed by atoms with Crippen molar-refractivity contribution in [3.8, 4) is 0 Å². The molecule has 3 amide bonds. The smallest absolute Gasteiger partial charge is 0.268 e. The van der Waals surface area contributed by atoms with Crippen LogP contribution in [0.2, 0.25) is 0 Å². The lowest BCUT2D eigenvalue weighted by Crippen LogP contribution is -2.41. The number of thiophene rings is 1. The van der Waals surface area contributed by atoms with Crippen molar-refractivity contribution in [1.82, 2.24) is 20.1 Å². The van der Waals surface area contributed by atoms with E-state index in [1.807, 2.05) is 11.4 Å². The number of carbonyl (C=O) groups is 3. The lowest BCUT2D eigenvalue weighted by atomic mass is 10.4. The first-order valence-corrected chi connectivity index (χ1v) is 7.56. The van der Waals surface area contributed by atoms with Crippen molar-refractivity contribution >= 4 is 39.3 Å². The van der Waals surface area contributed by atoms with Gasteiger partial charge < -0.3 is 20.1 Å². The van der Waals surface area contributed by atoms with Crippen LogP contribution < -0.4 is 10.6 Å². The number of likely N-dealkylation sites (N-methyl/N-ethyl adjacent to an activating group) is 1. The summed E-state index contributed by atoms with van der Waals surface area (Å²) in [6.07, 6.45) is 0. The van der Waals surface area contributed by atoms with Crippen molar-refractivity contribution in [2.75, 3.05) is 27.2 Å². The van der Waals surface area contributed by atoms with Gasteiger partial charge in [0.15, 0.2) is 0 Å². The maximum absolute atomic E-state index is 12.1. The molecule has 0 fully saturated rings. The first-order valence-electron chi connectivity index (χ1n) is 6.68. The fourth-order valence-corrected chi connectivity index (χ4v) is 2.76. The highest BCUT2D eigenvalue weighted by Gasteiger charge is 2.15. The Bertz CT molecular complexity index is 717. The number of aryl methyl sites for hydroxylation is 1. The molecule has 2 rings (SSSR count). The number of hydrogen-bond donors (Lipinski definition) is 2. The molecule has 8 heteroatoms. The van der Waals surface area contributed by atoms with E-state index in [4.69, 9.17) is 0 Å². The minimum Gasteiger partial charge on any atom is -0.347 e. The molecule has 0 bridgehead atoms.